The highest BCUT2D eigenvalue weighted by Gasteiger charge is 2.24. The standard InChI is InChI=1S/C20H20F2N4/c21-13-7-8-15(16(22)11-13)20-25-17-10-12(19(23)24)6-9-18(17)26(20)14-4-2-1-3-5-14/h6-11,14H,1-5H2,(H3,23,24). The Hall–Kier alpha value is -2.76. The van der Waals surface area contributed by atoms with E-state index in [1.165, 1.54) is 18.6 Å². The zero-order valence-electron chi connectivity index (χ0n) is 14.3. The van der Waals surface area contributed by atoms with Gasteiger partial charge in [0.05, 0.1) is 16.6 Å². The van der Waals surface area contributed by atoms with Gasteiger partial charge in [-0.3, -0.25) is 5.41 Å². The lowest BCUT2D eigenvalue weighted by atomic mass is 9.94. The zero-order chi connectivity index (χ0) is 18.3. The molecule has 4 nitrogen and oxygen atoms in total. The predicted molar refractivity (Wildman–Crippen MR) is 98.2 cm³/mol. The van der Waals surface area contributed by atoms with Gasteiger partial charge in [-0.1, -0.05) is 19.3 Å². The van der Waals surface area contributed by atoms with Crippen molar-refractivity contribution >= 4 is 16.9 Å². The number of amidine groups is 1. The van der Waals surface area contributed by atoms with Crippen molar-refractivity contribution in [2.45, 2.75) is 38.1 Å². The van der Waals surface area contributed by atoms with Crippen LogP contribution in [0.4, 0.5) is 8.78 Å². The molecule has 0 atom stereocenters. The Morgan fingerprint density at radius 1 is 1.08 bits per heavy atom. The van der Waals surface area contributed by atoms with Crippen LogP contribution in [0.2, 0.25) is 0 Å². The van der Waals surface area contributed by atoms with E-state index in [1.54, 1.807) is 12.1 Å². The molecule has 3 aromatic rings. The molecule has 0 aliphatic heterocycles. The highest BCUT2D eigenvalue weighted by molar-refractivity contribution is 5.98. The predicted octanol–water partition coefficient (Wildman–Crippen LogP) is 4.77. The zero-order valence-corrected chi connectivity index (χ0v) is 14.3. The summed E-state index contributed by atoms with van der Waals surface area (Å²) >= 11 is 0. The minimum Gasteiger partial charge on any atom is -0.384 e. The summed E-state index contributed by atoms with van der Waals surface area (Å²) in [5.41, 5.74) is 8.02. The number of nitrogens with two attached hydrogens (primary N) is 1. The minimum atomic E-state index is -0.621. The quantitative estimate of drug-likeness (QED) is 0.525. The summed E-state index contributed by atoms with van der Waals surface area (Å²) in [6.07, 6.45) is 5.48. The van der Waals surface area contributed by atoms with Crippen LogP contribution in [0.15, 0.2) is 36.4 Å². The molecule has 0 amide bonds. The molecule has 0 spiro atoms. The summed E-state index contributed by atoms with van der Waals surface area (Å²) in [7, 11) is 0. The Bertz CT molecular complexity index is 987. The molecular weight excluding hydrogens is 334 g/mol. The molecule has 134 valence electrons. The molecule has 1 saturated carbocycles. The van der Waals surface area contributed by atoms with Crippen molar-refractivity contribution in [2.24, 2.45) is 5.73 Å². The Labute approximate surface area is 150 Å². The molecule has 1 fully saturated rings. The van der Waals surface area contributed by atoms with E-state index in [0.29, 0.717) is 16.9 Å². The maximum atomic E-state index is 14.5. The second-order valence-electron chi connectivity index (χ2n) is 6.84. The molecular formula is C20H20F2N4. The number of fused-ring (bicyclic) bond motifs is 1. The van der Waals surface area contributed by atoms with Crippen LogP contribution in [0.1, 0.15) is 43.7 Å². The van der Waals surface area contributed by atoms with E-state index < -0.39 is 11.6 Å². The van der Waals surface area contributed by atoms with Gasteiger partial charge < -0.3 is 10.3 Å². The maximum absolute atomic E-state index is 14.5. The number of halogens is 2. The van der Waals surface area contributed by atoms with Crippen molar-refractivity contribution in [2.75, 3.05) is 0 Å². The number of rotatable bonds is 3. The van der Waals surface area contributed by atoms with Gasteiger partial charge in [0.1, 0.15) is 23.3 Å². The number of hydrogen-bond donors (Lipinski definition) is 2. The lowest BCUT2D eigenvalue weighted by Gasteiger charge is -2.25. The van der Waals surface area contributed by atoms with Gasteiger partial charge in [0.25, 0.3) is 0 Å². The van der Waals surface area contributed by atoms with Crippen LogP contribution in [-0.4, -0.2) is 15.4 Å². The summed E-state index contributed by atoms with van der Waals surface area (Å²) in [4.78, 5) is 4.64. The fourth-order valence-electron chi connectivity index (χ4n) is 3.84. The summed E-state index contributed by atoms with van der Waals surface area (Å²) in [6, 6.07) is 9.25. The topological polar surface area (TPSA) is 67.7 Å². The third-order valence-corrected chi connectivity index (χ3v) is 5.11. The van der Waals surface area contributed by atoms with Crippen LogP contribution in [0.3, 0.4) is 0 Å². The van der Waals surface area contributed by atoms with Crippen molar-refractivity contribution in [1.29, 1.82) is 5.41 Å². The highest BCUT2D eigenvalue weighted by atomic mass is 19.1. The Kier molecular flexibility index (Phi) is 4.18. The van der Waals surface area contributed by atoms with E-state index in [-0.39, 0.29) is 17.4 Å². The molecule has 0 saturated heterocycles. The minimum absolute atomic E-state index is 0.0337. The summed E-state index contributed by atoms with van der Waals surface area (Å²) < 4.78 is 29.9. The number of imidazole rings is 1. The van der Waals surface area contributed by atoms with Crippen LogP contribution in [0.25, 0.3) is 22.4 Å². The molecule has 0 unspecified atom stereocenters. The molecule has 1 heterocycles. The lowest BCUT2D eigenvalue weighted by molar-refractivity contribution is 0.362. The Balaban J connectivity index is 1.95. The first-order valence-electron chi connectivity index (χ1n) is 8.86. The maximum Gasteiger partial charge on any atom is 0.144 e. The van der Waals surface area contributed by atoms with E-state index in [9.17, 15) is 8.78 Å². The van der Waals surface area contributed by atoms with Crippen LogP contribution < -0.4 is 5.73 Å². The molecule has 2 aromatic carbocycles. The van der Waals surface area contributed by atoms with Gasteiger partial charge in [-0.2, -0.15) is 0 Å². The fraction of sp³-hybridized carbons (Fsp3) is 0.300. The molecule has 1 aromatic heterocycles. The summed E-state index contributed by atoms with van der Waals surface area (Å²) in [5.74, 6) is -0.756. The van der Waals surface area contributed by atoms with Gasteiger partial charge in [-0.05, 0) is 43.2 Å². The van der Waals surface area contributed by atoms with Crippen LogP contribution in [0.5, 0.6) is 0 Å². The van der Waals surface area contributed by atoms with Gasteiger partial charge >= 0.3 is 0 Å². The van der Waals surface area contributed by atoms with E-state index in [0.717, 1.165) is 37.3 Å². The SMILES string of the molecule is N=C(N)c1ccc2c(c1)nc(-c1ccc(F)cc1F)n2C1CCCCC1. The van der Waals surface area contributed by atoms with Crippen molar-refractivity contribution in [3.8, 4) is 11.4 Å². The van der Waals surface area contributed by atoms with Crippen molar-refractivity contribution in [3.05, 3.63) is 53.6 Å². The second kappa shape index (κ2) is 6.52. The number of aromatic nitrogens is 2. The van der Waals surface area contributed by atoms with Crippen molar-refractivity contribution < 1.29 is 8.78 Å². The van der Waals surface area contributed by atoms with E-state index in [4.69, 9.17) is 11.1 Å². The van der Waals surface area contributed by atoms with Crippen molar-refractivity contribution in [1.82, 2.24) is 9.55 Å². The number of hydrogen-bond acceptors (Lipinski definition) is 2. The second-order valence-corrected chi connectivity index (χ2v) is 6.84. The van der Waals surface area contributed by atoms with Gasteiger partial charge in [0.15, 0.2) is 0 Å². The molecule has 4 rings (SSSR count). The average molecular weight is 354 g/mol. The van der Waals surface area contributed by atoms with Crippen LogP contribution in [-0.2, 0) is 0 Å². The van der Waals surface area contributed by atoms with Gasteiger partial charge in [-0.15, -0.1) is 0 Å². The molecule has 1 aliphatic carbocycles. The largest absolute Gasteiger partial charge is 0.384 e. The van der Waals surface area contributed by atoms with Crippen LogP contribution >= 0.6 is 0 Å². The molecule has 0 bridgehead atoms. The monoisotopic (exact) mass is 354 g/mol. The lowest BCUT2D eigenvalue weighted by Crippen LogP contribution is -2.14. The van der Waals surface area contributed by atoms with E-state index >= 15 is 0 Å². The van der Waals surface area contributed by atoms with E-state index in [2.05, 4.69) is 9.55 Å². The first-order valence-corrected chi connectivity index (χ1v) is 8.86. The summed E-state index contributed by atoms with van der Waals surface area (Å²) in [5, 5.41) is 7.63. The third-order valence-electron chi connectivity index (χ3n) is 5.11. The molecule has 26 heavy (non-hydrogen) atoms. The third kappa shape index (κ3) is 2.85. The van der Waals surface area contributed by atoms with Gasteiger partial charge in [0.2, 0.25) is 0 Å². The van der Waals surface area contributed by atoms with Gasteiger partial charge in [0, 0.05) is 17.7 Å². The summed E-state index contributed by atoms with van der Waals surface area (Å²) in [6.45, 7) is 0. The molecule has 0 radical (unpaired) electrons. The Morgan fingerprint density at radius 2 is 1.85 bits per heavy atom. The number of benzene rings is 2. The van der Waals surface area contributed by atoms with Crippen molar-refractivity contribution in [3.63, 3.8) is 0 Å². The number of nitrogens with one attached hydrogen (secondary N) is 1. The normalized spacial score (nSPS) is 15.5. The van der Waals surface area contributed by atoms with Crippen LogP contribution in [0, 0.1) is 17.0 Å². The smallest absolute Gasteiger partial charge is 0.144 e. The first kappa shape index (κ1) is 16.7. The van der Waals surface area contributed by atoms with Gasteiger partial charge in [-0.25, -0.2) is 13.8 Å². The first-order chi connectivity index (χ1) is 12.5. The number of nitrogens with zero attached hydrogens (tertiary/aromatic N) is 2. The molecule has 3 N–H and O–H groups in total. The Morgan fingerprint density at radius 3 is 2.54 bits per heavy atom. The highest BCUT2D eigenvalue weighted by Crippen LogP contribution is 2.36. The molecule has 1 aliphatic rings. The van der Waals surface area contributed by atoms with E-state index in [1.807, 2.05) is 6.07 Å². The average Bonchev–Trinajstić information content (AvgIpc) is 3.00. The fourth-order valence-corrected chi connectivity index (χ4v) is 3.84. The molecule has 6 heteroatoms. The number of nitrogen functional groups attached to an aromatic ring is 1.